The first-order valence-corrected chi connectivity index (χ1v) is 8.97. The Kier molecular flexibility index (Phi) is 8.37. The summed E-state index contributed by atoms with van der Waals surface area (Å²) < 4.78 is 1.92. The van der Waals surface area contributed by atoms with Crippen molar-refractivity contribution in [3.8, 4) is 0 Å². The van der Waals surface area contributed by atoms with E-state index >= 15 is 0 Å². The van der Waals surface area contributed by atoms with E-state index in [4.69, 9.17) is 0 Å². The van der Waals surface area contributed by atoms with Crippen molar-refractivity contribution in [2.24, 2.45) is 4.99 Å². The maximum atomic E-state index is 4.35. The molecular weight excluding hydrogens is 439 g/mol. The van der Waals surface area contributed by atoms with Gasteiger partial charge in [-0.25, -0.2) is 0 Å². The van der Waals surface area contributed by atoms with Gasteiger partial charge in [0.25, 0.3) is 0 Å². The molecule has 2 aromatic rings. The van der Waals surface area contributed by atoms with E-state index in [1.54, 1.807) is 6.20 Å². The standard InChI is InChI=1S/C19H28N6.HI/c1-16-13-18(15-24(16)14-17-7-4-3-5-8-17)23-19(20-2)21-10-12-25-11-6-9-22-25;/h3-9,11,16,18H,10,12-15H2,1-2H3,(H2,20,21,23);1H. The molecule has 2 N–H and O–H groups in total. The summed E-state index contributed by atoms with van der Waals surface area (Å²) in [7, 11) is 1.82. The van der Waals surface area contributed by atoms with Crippen molar-refractivity contribution >= 4 is 29.9 Å². The van der Waals surface area contributed by atoms with Crippen LogP contribution in [0, 0.1) is 0 Å². The van der Waals surface area contributed by atoms with Crippen LogP contribution in [-0.4, -0.2) is 52.9 Å². The molecule has 1 aliphatic rings. The van der Waals surface area contributed by atoms with E-state index in [9.17, 15) is 0 Å². The fourth-order valence-corrected chi connectivity index (χ4v) is 3.35. The fraction of sp³-hybridized carbons (Fsp3) is 0.474. The maximum absolute atomic E-state index is 4.35. The molecule has 2 heterocycles. The third-order valence-electron chi connectivity index (χ3n) is 4.69. The van der Waals surface area contributed by atoms with Crippen LogP contribution in [-0.2, 0) is 13.1 Å². The molecule has 0 saturated carbocycles. The van der Waals surface area contributed by atoms with E-state index in [-0.39, 0.29) is 24.0 Å². The van der Waals surface area contributed by atoms with E-state index in [0.717, 1.165) is 38.6 Å². The Morgan fingerprint density at radius 2 is 2.08 bits per heavy atom. The lowest BCUT2D eigenvalue weighted by atomic mass is 10.2. The summed E-state index contributed by atoms with van der Waals surface area (Å²) >= 11 is 0. The normalized spacial score (nSPS) is 20.6. The largest absolute Gasteiger partial charge is 0.355 e. The van der Waals surface area contributed by atoms with Crippen molar-refractivity contribution in [3.63, 3.8) is 0 Å². The SMILES string of the molecule is CN=C(NCCn1cccn1)NC1CC(C)N(Cc2ccccc2)C1.I. The Balaban J connectivity index is 0.00000243. The zero-order valence-electron chi connectivity index (χ0n) is 15.5. The Bertz CT molecular complexity index is 658. The molecule has 2 atom stereocenters. The number of aromatic nitrogens is 2. The highest BCUT2D eigenvalue weighted by molar-refractivity contribution is 14.0. The van der Waals surface area contributed by atoms with E-state index in [2.05, 4.69) is 62.9 Å². The average molecular weight is 468 g/mol. The first kappa shape index (κ1) is 20.7. The quantitative estimate of drug-likeness (QED) is 0.388. The summed E-state index contributed by atoms with van der Waals surface area (Å²) in [4.78, 5) is 6.88. The Morgan fingerprint density at radius 1 is 1.27 bits per heavy atom. The molecule has 3 rings (SSSR count). The van der Waals surface area contributed by atoms with Crippen molar-refractivity contribution in [3.05, 3.63) is 54.4 Å². The second kappa shape index (κ2) is 10.5. The highest BCUT2D eigenvalue weighted by atomic mass is 127. The van der Waals surface area contributed by atoms with Crippen LogP contribution in [0.15, 0.2) is 53.8 Å². The molecule has 2 unspecified atom stereocenters. The molecule has 6 nitrogen and oxygen atoms in total. The van der Waals surface area contributed by atoms with Crippen LogP contribution in [0.4, 0.5) is 0 Å². The van der Waals surface area contributed by atoms with Gasteiger partial charge in [-0.2, -0.15) is 5.10 Å². The van der Waals surface area contributed by atoms with Crippen molar-refractivity contribution in [1.29, 1.82) is 0 Å². The third-order valence-corrected chi connectivity index (χ3v) is 4.69. The molecule has 1 aromatic carbocycles. The molecule has 0 bridgehead atoms. The Hall–Kier alpha value is -1.61. The summed E-state index contributed by atoms with van der Waals surface area (Å²) in [6, 6.07) is 13.6. The molecule has 1 saturated heterocycles. The minimum atomic E-state index is 0. The van der Waals surface area contributed by atoms with Gasteiger partial charge in [0, 0.05) is 51.2 Å². The molecule has 26 heavy (non-hydrogen) atoms. The summed E-state index contributed by atoms with van der Waals surface area (Å²) in [5.74, 6) is 0.867. The molecule has 1 fully saturated rings. The second-order valence-corrected chi connectivity index (χ2v) is 6.61. The smallest absolute Gasteiger partial charge is 0.191 e. The van der Waals surface area contributed by atoms with E-state index < -0.39 is 0 Å². The van der Waals surface area contributed by atoms with E-state index in [0.29, 0.717) is 12.1 Å². The summed E-state index contributed by atoms with van der Waals surface area (Å²) in [6.45, 7) is 5.98. The third kappa shape index (κ3) is 5.98. The number of benzene rings is 1. The van der Waals surface area contributed by atoms with Gasteiger partial charge in [0.2, 0.25) is 0 Å². The number of nitrogens with one attached hydrogen (secondary N) is 2. The molecule has 0 spiro atoms. The molecule has 7 heteroatoms. The van der Waals surface area contributed by atoms with Gasteiger partial charge in [-0.15, -0.1) is 24.0 Å². The summed E-state index contributed by atoms with van der Waals surface area (Å²) in [5.41, 5.74) is 1.37. The fourth-order valence-electron chi connectivity index (χ4n) is 3.35. The van der Waals surface area contributed by atoms with Gasteiger partial charge < -0.3 is 10.6 Å². The van der Waals surface area contributed by atoms with Crippen molar-refractivity contribution in [2.45, 2.75) is 38.5 Å². The van der Waals surface area contributed by atoms with Crippen LogP contribution in [0.1, 0.15) is 18.9 Å². The molecule has 142 valence electrons. The minimum Gasteiger partial charge on any atom is -0.355 e. The topological polar surface area (TPSA) is 57.5 Å². The molecular formula is C19H29IN6. The molecule has 0 aliphatic carbocycles. The van der Waals surface area contributed by atoms with Crippen LogP contribution < -0.4 is 10.6 Å². The van der Waals surface area contributed by atoms with Gasteiger partial charge in [-0.05, 0) is 25.0 Å². The summed E-state index contributed by atoms with van der Waals surface area (Å²) in [5, 5.41) is 11.1. The molecule has 1 aromatic heterocycles. The van der Waals surface area contributed by atoms with Gasteiger partial charge >= 0.3 is 0 Å². The summed E-state index contributed by atoms with van der Waals surface area (Å²) in [6.07, 6.45) is 4.90. The first-order valence-electron chi connectivity index (χ1n) is 8.97. The van der Waals surface area contributed by atoms with Crippen molar-refractivity contribution < 1.29 is 0 Å². The average Bonchev–Trinajstić information content (AvgIpc) is 3.25. The highest BCUT2D eigenvalue weighted by Crippen LogP contribution is 2.20. The van der Waals surface area contributed by atoms with Gasteiger partial charge in [0.1, 0.15) is 0 Å². The van der Waals surface area contributed by atoms with Gasteiger partial charge in [-0.1, -0.05) is 30.3 Å². The van der Waals surface area contributed by atoms with Crippen molar-refractivity contribution in [2.75, 3.05) is 20.1 Å². The number of halogens is 1. The lowest BCUT2D eigenvalue weighted by Gasteiger charge is -2.21. The lowest BCUT2D eigenvalue weighted by molar-refractivity contribution is 0.258. The van der Waals surface area contributed by atoms with Crippen molar-refractivity contribution in [1.82, 2.24) is 25.3 Å². The number of likely N-dealkylation sites (tertiary alicyclic amines) is 1. The Morgan fingerprint density at radius 3 is 2.77 bits per heavy atom. The van der Waals surface area contributed by atoms with Gasteiger partial charge in [-0.3, -0.25) is 14.6 Å². The number of hydrogen-bond donors (Lipinski definition) is 2. The number of hydrogen-bond acceptors (Lipinski definition) is 3. The van der Waals surface area contributed by atoms with Crippen LogP contribution in [0.25, 0.3) is 0 Å². The molecule has 1 aliphatic heterocycles. The monoisotopic (exact) mass is 468 g/mol. The first-order chi connectivity index (χ1) is 12.2. The van der Waals surface area contributed by atoms with Crippen LogP contribution in [0.5, 0.6) is 0 Å². The maximum Gasteiger partial charge on any atom is 0.191 e. The zero-order chi connectivity index (χ0) is 17.5. The van der Waals surface area contributed by atoms with Gasteiger partial charge in [0.15, 0.2) is 5.96 Å². The lowest BCUT2D eigenvalue weighted by Crippen LogP contribution is -2.45. The van der Waals surface area contributed by atoms with Crippen LogP contribution in [0.2, 0.25) is 0 Å². The number of nitrogens with zero attached hydrogens (tertiary/aromatic N) is 4. The predicted octanol–water partition coefficient (Wildman–Crippen LogP) is 2.33. The minimum absolute atomic E-state index is 0. The number of guanidine groups is 1. The molecule has 0 amide bonds. The zero-order valence-corrected chi connectivity index (χ0v) is 17.8. The Labute approximate surface area is 173 Å². The second-order valence-electron chi connectivity index (χ2n) is 6.61. The number of rotatable bonds is 6. The molecule has 0 radical (unpaired) electrons. The van der Waals surface area contributed by atoms with Gasteiger partial charge in [0.05, 0.1) is 6.54 Å². The van der Waals surface area contributed by atoms with E-state index in [1.807, 2.05) is 24.0 Å². The van der Waals surface area contributed by atoms with Crippen LogP contribution in [0.3, 0.4) is 0 Å². The predicted molar refractivity (Wildman–Crippen MR) is 117 cm³/mol. The number of aliphatic imine (C=N–C) groups is 1. The van der Waals surface area contributed by atoms with E-state index in [1.165, 1.54) is 5.56 Å². The highest BCUT2D eigenvalue weighted by Gasteiger charge is 2.29. The van der Waals surface area contributed by atoms with Crippen LogP contribution >= 0.6 is 24.0 Å².